The summed E-state index contributed by atoms with van der Waals surface area (Å²) in [4.78, 5) is 1.25. The maximum absolute atomic E-state index is 12.9. The van der Waals surface area contributed by atoms with E-state index in [-0.39, 0.29) is 11.9 Å². The summed E-state index contributed by atoms with van der Waals surface area (Å²) < 4.78 is 12.9. The van der Waals surface area contributed by atoms with Gasteiger partial charge in [-0.25, -0.2) is 4.39 Å². The Kier molecular flexibility index (Phi) is 4.86. The van der Waals surface area contributed by atoms with E-state index in [1.165, 1.54) is 17.0 Å². The number of hydrogen-bond donors (Lipinski definition) is 1. The summed E-state index contributed by atoms with van der Waals surface area (Å²) in [5.74, 6) is 0.849. The largest absolute Gasteiger partial charge is 0.378 e. The minimum Gasteiger partial charge on any atom is -0.378 e. The first-order valence-corrected chi connectivity index (χ1v) is 7.43. The first-order chi connectivity index (χ1) is 9.20. The maximum atomic E-state index is 12.9. The Balaban J connectivity index is 2.14. The van der Waals surface area contributed by atoms with Gasteiger partial charge in [-0.05, 0) is 42.5 Å². The van der Waals surface area contributed by atoms with Crippen LogP contribution in [0.1, 0.15) is 25.5 Å². The Bertz CT molecular complexity index is 525. The predicted molar refractivity (Wildman–Crippen MR) is 81.3 cm³/mol. The molecular formula is C16H18FNS. The van der Waals surface area contributed by atoms with Crippen LogP contribution in [-0.4, -0.2) is 5.75 Å². The van der Waals surface area contributed by atoms with Crippen LogP contribution in [0, 0.1) is 5.82 Å². The van der Waals surface area contributed by atoms with Gasteiger partial charge in [0.25, 0.3) is 0 Å². The molecule has 1 unspecified atom stereocenters. The van der Waals surface area contributed by atoms with Crippen LogP contribution in [0.2, 0.25) is 0 Å². The number of rotatable bonds is 5. The quantitative estimate of drug-likeness (QED) is 0.761. The highest BCUT2D eigenvalue weighted by Crippen LogP contribution is 2.29. The Morgan fingerprint density at radius 3 is 2.47 bits per heavy atom. The molecule has 0 bridgehead atoms. The van der Waals surface area contributed by atoms with Crippen LogP contribution in [0.15, 0.2) is 53.4 Å². The predicted octanol–water partition coefficient (Wildman–Crippen LogP) is 5.11. The lowest BCUT2D eigenvalue weighted by atomic mass is 10.1. The van der Waals surface area contributed by atoms with Crippen LogP contribution in [0.25, 0.3) is 0 Å². The number of benzene rings is 2. The molecule has 0 fully saturated rings. The Hall–Kier alpha value is -1.48. The zero-order valence-electron chi connectivity index (χ0n) is 11.2. The minimum absolute atomic E-state index is 0.152. The first kappa shape index (κ1) is 13.9. The van der Waals surface area contributed by atoms with Crippen molar-refractivity contribution in [2.24, 2.45) is 0 Å². The second kappa shape index (κ2) is 6.62. The highest BCUT2D eigenvalue weighted by atomic mass is 32.2. The molecule has 19 heavy (non-hydrogen) atoms. The molecular weight excluding hydrogens is 257 g/mol. The fraction of sp³-hybridized carbons (Fsp3) is 0.250. The number of thioether (sulfide) groups is 1. The number of para-hydroxylation sites is 1. The van der Waals surface area contributed by atoms with Crippen molar-refractivity contribution in [2.45, 2.75) is 24.8 Å². The molecule has 1 atom stereocenters. The van der Waals surface area contributed by atoms with Crippen molar-refractivity contribution in [1.82, 2.24) is 0 Å². The van der Waals surface area contributed by atoms with Gasteiger partial charge in [0.05, 0.1) is 0 Å². The number of hydrogen-bond acceptors (Lipinski definition) is 2. The molecule has 0 aliphatic carbocycles. The van der Waals surface area contributed by atoms with E-state index in [2.05, 4.69) is 31.3 Å². The van der Waals surface area contributed by atoms with Crippen molar-refractivity contribution in [3.05, 3.63) is 59.9 Å². The van der Waals surface area contributed by atoms with Crippen LogP contribution >= 0.6 is 11.8 Å². The van der Waals surface area contributed by atoms with E-state index in [0.29, 0.717) is 0 Å². The van der Waals surface area contributed by atoms with E-state index >= 15 is 0 Å². The third-order valence-electron chi connectivity index (χ3n) is 2.93. The van der Waals surface area contributed by atoms with E-state index in [1.54, 1.807) is 0 Å². The van der Waals surface area contributed by atoms with Gasteiger partial charge in [0.15, 0.2) is 0 Å². The van der Waals surface area contributed by atoms with Crippen LogP contribution in [0.3, 0.4) is 0 Å². The molecule has 1 nitrogen and oxygen atoms in total. The van der Waals surface area contributed by atoms with Gasteiger partial charge in [-0.15, -0.1) is 11.8 Å². The fourth-order valence-electron chi connectivity index (χ4n) is 1.94. The van der Waals surface area contributed by atoms with Crippen molar-refractivity contribution >= 4 is 17.4 Å². The first-order valence-electron chi connectivity index (χ1n) is 6.44. The summed E-state index contributed by atoms with van der Waals surface area (Å²) in [5, 5.41) is 3.49. The summed E-state index contributed by atoms with van der Waals surface area (Å²) in [6.45, 7) is 4.23. The van der Waals surface area contributed by atoms with E-state index in [0.717, 1.165) is 17.0 Å². The Morgan fingerprint density at radius 1 is 1.11 bits per heavy atom. The summed E-state index contributed by atoms with van der Waals surface area (Å²) in [6.07, 6.45) is 0. The van der Waals surface area contributed by atoms with Crippen molar-refractivity contribution in [3.63, 3.8) is 0 Å². The molecule has 0 amide bonds. The molecule has 3 heteroatoms. The lowest BCUT2D eigenvalue weighted by molar-refractivity contribution is 0.626. The normalized spacial score (nSPS) is 12.2. The molecule has 0 aliphatic rings. The molecule has 0 saturated carbocycles. The average Bonchev–Trinajstić information content (AvgIpc) is 2.42. The lowest BCUT2D eigenvalue weighted by Gasteiger charge is -2.18. The van der Waals surface area contributed by atoms with Gasteiger partial charge in [-0.1, -0.05) is 31.2 Å². The van der Waals surface area contributed by atoms with E-state index < -0.39 is 0 Å². The van der Waals surface area contributed by atoms with E-state index in [9.17, 15) is 4.39 Å². The standard InChI is InChI=1S/C16H18FNS/c1-3-19-16-7-5-4-6-15(16)18-12(2)13-8-10-14(17)11-9-13/h4-12,18H,3H2,1-2H3. The highest BCUT2D eigenvalue weighted by molar-refractivity contribution is 7.99. The Labute approximate surface area is 118 Å². The molecule has 2 rings (SSSR count). The number of halogens is 1. The number of nitrogens with one attached hydrogen (secondary N) is 1. The van der Waals surface area contributed by atoms with Crippen molar-refractivity contribution in [1.29, 1.82) is 0 Å². The molecule has 0 aromatic heterocycles. The minimum atomic E-state index is -0.196. The number of anilines is 1. The van der Waals surface area contributed by atoms with Crippen LogP contribution in [-0.2, 0) is 0 Å². The van der Waals surface area contributed by atoms with Gasteiger partial charge in [0.2, 0.25) is 0 Å². The highest BCUT2D eigenvalue weighted by Gasteiger charge is 2.08. The van der Waals surface area contributed by atoms with E-state index in [1.807, 2.05) is 36.0 Å². The third-order valence-corrected chi connectivity index (χ3v) is 3.88. The second-order valence-electron chi connectivity index (χ2n) is 4.35. The van der Waals surface area contributed by atoms with Gasteiger partial charge in [0, 0.05) is 16.6 Å². The van der Waals surface area contributed by atoms with Gasteiger partial charge >= 0.3 is 0 Å². The SMILES string of the molecule is CCSc1ccccc1NC(C)c1ccc(F)cc1. The fourth-order valence-corrected chi connectivity index (χ4v) is 2.70. The molecule has 0 aliphatic heterocycles. The maximum Gasteiger partial charge on any atom is 0.123 e. The van der Waals surface area contributed by atoms with Crippen molar-refractivity contribution in [3.8, 4) is 0 Å². The summed E-state index contributed by atoms with van der Waals surface area (Å²) in [5.41, 5.74) is 2.21. The molecule has 0 heterocycles. The van der Waals surface area contributed by atoms with Crippen molar-refractivity contribution < 1.29 is 4.39 Å². The van der Waals surface area contributed by atoms with E-state index in [4.69, 9.17) is 0 Å². The van der Waals surface area contributed by atoms with Crippen LogP contribution < -0.4 is 5.32 Å². The van der Waals surface area contributed by atoms with Gasteiger partial charge in [-0.2, -0.15) is 0 Å². The average molecular weight is 275 g/mol. The monoisotopic (exact) mass is 275 g/mol. The van der Waals surface area contributed by atoms with Gasteiger partial charge < -0.3 is 5.32 Å². The Morgan fingerprint density at radius 2 is 1.79 bits per heavy atom. The topological polar surface area (TPSA) is 12.0 Å². The molecule has 100 valence electrons. The summed E-state index contributed by atoms with van der Waals surface area (Å²) >= 11 is 1.82. The summed E-state index contributed by atoms with van der Waals surface area (Å²) in [7, 11) is 0. The third kappa shape index (κ3) is 3.74. The van der Waals surface area contributed by atoms with Crippen LogP contribution in [0.5, 0.6) is 0 Å². The van der Waals surface area contributed by atoms with Gasteiger partial charge in [-0.3, -0.25) is 0 Å². The zero-order chi connectivity index (χ0) is 13.7. The summed E-state index contributed by atoms with van der Waals surface area (Å²) in [6, 6.07) is 15.1. The second-order valence-corrected chi connectivity index (χ2v) is 5.65. The smallest absolute Gasteiger partial charge is 0.123 e. The molecule has 2 aromatic carbocycles. The molecule has 2 aromatic rings. The van der Waals surface area contributed by atoms with Crippen molar-refractivity contribution in [2.75, 3.05) is 11.1 Å². The zero-order valence-corrected chi connectivity index (χ0v) is 12.0. The molecule has 0 saturated heterocycles. The molecule has 1 N–H and O–H groups in total. The molecule has 0 spiro atoms. The lowest BCUT2D eigenvalue weighted by Crippen LogP contribution is -2.07. The van der Waals surface area contributed by atoms with Gasteiger partial charge in [0.1, 0.15) is 5.82 Å². The molecule has 0 radical (unpaired) electrons. The van der Waals surface area contributed by atoms with Crippen LogP contribution in [0.4, 0.5) is 10.1 Å².